The second kappa shape index (κ2) is 11.2. The van der Waals surface area contributed by atoms with E-state index in [2.05, 4.69) is 67.6 Å². The number of aryl methyl sites for hydroxylation is 1. The molecule has 2 aromatic rings. The number of nitrogens with zero attached hydrogens (tertiary/aromatic N) is 4. The van der Waals surface area contributed by atoms with E-state index in [0.29, 0.717) is 0 Å². The first-order valence-electron chi connectivity index (χ1n) is 11.6. The summed E-state index contributed by atoms with van der Waals surface area (Å²) in [6.45, 7) is 12.0. The van der Waals surface area contributed by atoms with E-state index in [4.69, 9.17) is 0 Å². The molecule has 7 heteroatoms. The Hall–Kier alpha value is -1.80. The van der Waals surface area contributed by atoms with E-state index in [0.717, 1.165) is 89.0 Å². The molecule has 0 aliphatic carbocycles. The van der Waals surface area contributed by atoms with Gasteiger partial charge in [-0.1, -0.05) is 30.3 Å². The summed E-state index contributed by atoms with van der Waals surface area (Å²) in [5, 5.41) is 6.47. The summed E-state index contributed by atoms with van der Waals surface area (Å²) in [4.78, 5) is 24.6. The van der Waals surface area contributed by atoms with Crippen LogP contribution in [-0.2, 0) is 17.9 Å². The Balaban J connectivity index is 1.08. The summed E-state index contributed by atoms with van der Waals surface area (Å²) in [5.74, 6) is 0.406. The Bertz CT molecular complexity index is 810. The van der Waals surface area contributed by atoms with E-state index in [9.17, 15) is 4.79 Å². The second-order valence-corrected chi connectivity index (χ2v) is 9.86. The zero-order chi connectivity index (χ0) is 21.5. The molecule has 2 saturated heterocycles. The Morgan fingerprint density at radius 3 is 2.35 bits per heavy atom. The smallest absolute Gasteiger partial charge is 0.223 e. The molecule has 2 fully saturated rings. The number of carbonyl (C=O) groups is 1. The minimum atomic E-state index is 0.163. The highest BCUT2D eigenvalue weighted by Gasteiger charge is 2.25. The first-order valence-corrected chi connectivity index (χ1v) is 12.4. The lowest BCUT2D eigenvalue weighted by Gasteiger charge is -2.35. The molecule has 0 unspecified atom stereocenters. The first-order chi connectivity index (χ1) is 15.2. The second-order valence-electron chi connectivity index (χ2n) is 8.80. The normalized spacial score (nSPS) is 19.5. The lowest BCUT2D eigenvalue weighted by atomic mass is 9.96. The third-order valence-corrected chi connectivity index (χ3v) is 7.27. The SMILES string of the molecule is Cc1nc(CN2CCC(C(=O)NCCN3CCN(Cc4ccccc4)CC3)CC2)cs1. The first kappa shape index (κ1) is 22.4. The maximum atomic E-state index is 12.6. The average Bonchev–Trinajstić information content (AvgIpc) is 3.20. The molecule has 0 bridgehead atoms. The van der Waals surface area contributed by atoms with Crippen LogP contribution in [0, 0.1) is 12.8 Å². The number of aromatic nitrogens is 1. The molecule has 6 nitrogen and oxygen atoms in total. The van der Waals surface area contributed by atoms with Crippen LogP contribution in [0.4, 0.5) is 0 Å². The molecule has 0 atom stereocenters. The van der Waals surface area contributed by atoms with Gasteiger partial charge in [-0.2, -0.15) is 0 Å². The van der Waals surface area contributed by atoms with Crippen LogP contribution in [0.15, 0.2) is 35.7 Å². The third-order valence-electron chi connectivity index (χ3n) is 6.45. The van der Waals surface area contributed by atoms with E-state index >= 15 is 0 Å². The largest absolute Gasteiger partial charge is 0.355 e. The van der Waals surface area contributed by atoms with Crippen LogP contribution < -0.4 is 5.32 Å². The van der Waals surface area contributed by atoms with Gasteiger partial charge in [-0.3, -0.25) is 19.5 Å². The van der Waals surface area contributed by atoms with E-state index in [1.807, 2.05) is 0 Å². The lowest BCUT2D eigenvalue weighted by Crippen LogP contribution is -2.48. The van der Waals surface area contributed by atoms with Gasteiger partial charge in [0.05, 0.1) is 10.7 Å². The van der Waals surface area contributed by atoms with Crippen molar-refractivity contribution in [3.63, 3.8) is 0 Å². The monoisotopic (exact) mass is 441 g/mol. The van der Waals surface area contributed by atoms with Crippen molar-refractivity contribution >= 4 is 17.2 Å². The van der Waals surface area contributed by atoms with E-state index in [-0.39, 0.29) is 11.8 Å². The van der Waals surface area contributed by atoms with Gasteiger partial charge < -0.3 is 5.32 Å². The Morgan fingerprint density at radius 1 is 1.00 bits per heavy atom. The van der Waals surface area contributed by atoms with Gasteiger partial charge in [0.15, 0.2) is 0 Å². The molecule has 2 aliphatic rings. The summed E-state index contributed by atoms with van der Waals surface area (Å²) < 4.78 is 0. The average molecular weight is 442 g/mol. The highest BCUT2D eigenvalue weighted by molar-refractivity contribution is 7.09. The van der Waals surface area contributed by atoms with Crippen molar-refractivity contribution in [2.24, 2.45) is 5.92 Å². The lowest BCUT2D eigenvalue weighted by molar-refractivity contribution is -0.126. The fraction of sp³-hybridized carbons (Fsp3) is 0.583. The van der Waals surface area contributed by atoms with Crippen molar-refractivity contribution in [3.8, 4) is 0 Å². The van der Waals surface area contributed by atoms with Gasteiger partial charge in [0.2, 0.25) is 5.91 Å². The Morgan fingerprint density at radius 2 is 1.68 bits per heavy atom. The van der Waals surface area contributed by atoms with Crippen LogP contribution in [0.5, 0.6) is 0 Å². The summed E-state index contributed by atoms with van der Waals surface area (Å²) in [7, 11) is 0. The third kappa shape index (κ3) is 6.84. The van der Waals surface area contributed by atoms with Crippen LogP contribution in [0.25, 0.3) is 0 Å². The molecule has 1 amide bonds. The number of piperazine rings is 1. The van der Waals surface area contributed by atoms with E-state index in [1.54, 1.807) is 11.3 Å². The molecule has 3 heterocycles. The van der Waals surface area contributed by atoms with Crippen molar-refractivity contribution < 1.29 is 4.79 Å². The molecule has 2 aliphatic heterocycles. The van der Waals surface area contributed by atoms with Gasteiger partial charge in [0.25, 0.3) is 0 Å². The topological polar surface area (TPSA) is 51.7 Å². The minimum Gasteiger partial charge on any atom is -0.355 e. The van der Waals surface area contributed by atoms with Crippen LogP contribution in [0.2, 0.25) is 0 Å². The van der Waals surface area contributed by atoms with Crippen LogP contribution in [0.3, 0.4) is 0 Å². The van der Waals surface area contributed by atoms with Crippen LogP contribution in [-0.4, -0.2) is 77.9 Å². The van der Waals surface area contributed by atoms with Crippen molar-refractivity contribution in [3.05, 3.63) is 52.0 Å². The summed E-state index contributed by atoms with van der Waals surface area (Å²) in [6, 6.07) is 10.7. The molecule has 1 N–H and O–H groups in total. The summed E-state index contributed by atoms with van der Waals surface area (Å²) in [5.41, 5.74) is 2.55. The standard InChI is InChI=1S/C24H35N5OS/c1-20-26-23(19-31-20)18-28-10-7-22(8-11-28)24(30)25-9-12-27-13-15-29(16-14-27)17-21-5-3-2-4-6-21/h2-6,19,22H,7-18H2,1H3,(H,25,30). The number of carbonyl (C=O) groups excluding carboxylic acids is 1. The highest BCUT2D eigenvalue weighted by Crippen LogP contribution is 2.20. The summed E-state index contributed by atoms with van der Waals surface area (Å²) in [6.07, 6.45) is 1.90. The van der Waals surface area contributed by atoms with Crippen molar-refractivity contribution in [1.82, 2.24) is 25.0 Å². The number of hydrogen-bond acceptors (Lipinski definition) is 6. The zero-order valence-electron chi connectivity index (χ0n) is 18.6. The van der Waals surface area contributed by atoms with Crippen molar-refractivity contribution in [2.75, 3.05) is 52.4 Å². The van der Waals surface area contributed by atoms with E-state index < -0.39 is 0 Å². The molecular weight excluding hydrogens is 406 g/mol. The molecule has 1 aromatic heterocycles. The van der Waals surface area contributed by atoms with Gasteiger partial charge in [-0.15, -0.1) is 11.3 Å². The Labute approximate surface area is 190 Å². The molecule has 1 aromatic carbocycles. The highest BCUT2D eigenvalue weighted by atomic mass is 32.1. The molecule has 0 spiro atoms. The molecule has 0 radical (unpaired) electrons. The molecule has 0 saturated carbocycles. The maximum absolute atomic E-state index is 12.6. The van der Waals surface area contributed by atoms with Crippen molar-refractivity contribution in [2.45, 2.75) is 32.9 Å². The van der Waals surface area contributed by atoms with Gasteiger partial charge in [-0.05, 0) is 38.4 Å². The zero-order valence-corrected chi connectivity index (χ0v) is 19.4. The molecule has 4 rings (SSSR count). The minimum absolute atomic E-state index is 0.163. The number of thiazole rings is 1. The quantitative estimate of drug-likeness (QED) is 0.683. The number of hydrogen-bond donors (Lipinski definition) is 1. The fourth-order valence-electron chi connectivity index (χ4n) is 4.56. The maximum Gasteiger partial charge on any atom is 0.223 e. The van der Waals surface area contributed by atoms with Crippen molar-refractivity contribution in [1.29, 1.82) is 0 Å². The predicted molar refractivity (Wildman–Crippen MR) is 126 cm³/mol. The molecular formula is C24H35N5OS. The number of benzene rings is 1. The molecule has 31 heavy (non-hydrogen) atoms. The number of amides is 1. The number of rotatable bonds is 8. The summed E-state index contributed by atoms with van der Waals surface area (Å²) >= 11 is 1.71. The van der Waals surface area contributed by atoms with Gasteiger partial charge in [-0.25, -0.2) is 4.98 Å². The van der Waals surface area contributed by atoms with Crippen LogP contribution in [0.1, 0.15) is 29.1 Å². The number of likely N-dealkylation sites (tertiary alicyclic amines) is 1. The number of piperidine rings is 1. The molecule has 168 valence electrons. The van der Waals surface area contributed by atoms with Gasteiger partial charge in [0, 0.05) is 63.7 Å². The van der Waals surface area contributed by atoms with Crippen LogP contribution >= 0.6 is 11.3 Å². The van der Waals surface area contributed by atoms with E-state index in [1.165, 1.54) is 5.56 Å². The van der Waals surface area contributed by atoms with Gasteiger partial charge in [0.1, 0.15) is 0 Å². The van der Waals surface area contributed by atoms with Gasteiger partial charge >= 0.3 is 0 Å². The predicted octanol–water partition coefficient (Wildman–Crippen LogP) is 2.60. The number of nitrogens with one attached hydrogen (secondary N) is 1. The fourth-order valence-corrected chi connectivity index (χ4v) is 5.16. The Kier molecular flexibility index (Phi) is 8.08.